The summed E-state index contributed by atoms with van der Waals surface area (Å²) < 4.78 is 5.09. The fourth-order valence-corrected chi connectivity index (χ4v) is 0.587. The highest BCUT2D eigenvalue weighted by atomic mass is 16.5. The Balaban J connectivity index is 3.18. The highest BCUT2D eigenvalue weighted by Gasteiger charge is 2.01. The molecule has 0 spiro atoms. The monoisotopic (exact) mass is 158 g/mol. The molecular formula is C8H16NO2. The van der Waals surface area contributed by atoms with Gasteiger partial charge < -0.3 is 9.64 Å². The summed E-state index contributed by atoms with van der Waals surface area (Å²) in [5, 5.41) is 0. The van der Waals surface area contributed by atoms with Gasteiger partial charge in [0.1, 0.15) is 0 Å². The van der Waals surface area contributed by atoms with Crippen LogP contribution in [0.15, 0.2) is 0 Å². The first-order valence-electron chi connectivity index (χ1n) is 3.75. The summed E-state index contributed by atoms with van der Waals surface area (Å²) in [7, 11) is 3.48. The lowest BCUT2D eigenvalue weighted by Gasteiger charge is -2.09. The maximum atomic E-state index is 10.9. The molecule has 0 aromatic rings. The molecule has 0 rings (SSSR count). The van der Waals surface area contributed by atoms with Crippen molar-refractivity contribution in [1.82, 2.24) is 4.90 Å². The number of hydrogen-bond acceptors (Lipinski definition) is 2. The van der Waals surface area contributed by atoms with Crippen molar-refractivity contribution < 1.29 is 9.53 Å². The summed E-state index contributed by atoms with van der Waals surface area (Å²) in [4.78, 5) is 12.5. The lowest BCUT2D eigenvalue weighted by Crippen LogP contribution is -2.22. The second kappa shape index (κ2) is 6.16. The van der Waals surface area contributed by atoms with E-state index in [0.29, 0.717) is 19.6 Å². The Hall–Kier alpha value is -0.570. The van der Waals surface area contributed by atoms with Crippen molar-refractivity contribution in [2.24, 2.45) is 0 Å². The quantitative estimate of drug-likeness (QED) is 0.551. The summed E-state index contributed by atoms with van der Waals surface area (Å²) in [6.07, 6.45) is 1.23. The van der Waals surface area contributed by atoms with Crippen LogP contribution < -0.4 is 0 Å². The molecule has 0 saturated heterocycles. The molecule has 1 amide bonds. The van der Waals surface area contributed by atoms with E-state index in [-0.39, 0.29) is 5.91 Å². The van der Waals surface area contributed by atoms with Gasteiger partial charge in [0.2, 0.25) is 5.91 Å². The molecule has 0 saturated carbocycles. The molecule has 0 heterocycles. The van der Waals surface area contributed by atoms with Crippen LogP contribution >= 0.6 is 0 Å². The first-order valence-corrected chi connectivity index (χ1v) is 3.75. The number of rotatable bonds is 5. The van der Waals surface area contributed by atoms with E-state index in [0.717, 1.165) is 6.42 Å². The SMILES string of the molecule is [CH2]CCOCCC(=O)N(C)C. The van der Waals surface area contributed by atoms with Crippen LogP contribution in [0.25, 0.3) is 0 Å². The first-order chi connectivity index (χ1) is 5.18. The third-order valence-corrected chi connectivity index (χ3v) is 1.25. The molecule has 0 aromatic carbocycles. The number of ether oxygens (including phenoxy) is 1. The van der Waals surface area contributed by atoms with Gasteiger partial charge >= 0.3 is 0 Å². The molecule has 0 bridgehead atoms. The third kappa shape index (κ3) is 5.85. The largest absolute Gasteiger partial charge is 0.381 e. The second-order valence-electron chi connectivity index (χ2n) is 2.50. The molecule has 3 heteroatoms. The second-order valence-corrected chi connectivity index (χ2v) is 2.50. The molecule has 0 atom stereocenters. The van der Waals surface area contributed by atoms with Crippen LogP contribution in [0.4, 0.5) is 0 Å². The van der Waals surface area contributed by atoms with Crippen LogP contribution in [-0.2, 0) is 9.53 Å². The zero-order chi connectivity index (χ0) is 8.69. The Morgan fingerprint density at radius 3 is 2.55 bits per heavy atom. The Morgan fingerprint density at radius 1 is 1.45 bits per heavy atom. The van der Waals surface area contributed by atoms with E-state index in [9.17, 15) is 4.79 Å². The van der Waals surface area contributed by atoms with E-state index in [4.69, 9.17) is 4.74 Å². The highest BCUT2D eigenvalue weighted by Crippen LogP contribution is 1.89. The van der Waals surface area contributed by atoms with Crippen molar-refractivity contribution in [2.75, 3.05) is 27.3 Å². The molecule has 0 N–H and O–H groups in total. The van der Waals surface area contributed by atoms with E-state index in [2.05, 4.69) is 6.92 Å². The van der Waals surface area contributed by atoms with E-state index >= 15 is 0 Å². The highest BCUT2D eigenvalue weighted by molar-refractivity contribution is 5.75. The van der Waals surface area contributed by atoms with Crippen molar-refractivity contribution in [2.45, 2.75) is 12.8 Å². The predicted molar refractivity (Wildman–Crippen MR) is 44.1 cm³/mol. The van der Waals surface area contributed by atoms with Gasteiger partial charge in [0.25, 0.3) is 0 Å². The number of hydrogen-bond donors (Lipinski definition) is 0. The topological polar surface area (TPSA) is 29.5 Å². The molecule has 1 radical (unpaired) electrons. The maximum Gasteiger partial charge on any atom is 0.224 e. The third-order valence-electron chi connectivity index (χ3n) is 1.25. The first kappa shape index (κ1) is 10.4. The summed E-state index contributed by atoms with van der Waals surface area (Å²) in [5.41, 5.74) is 0. The molecule has 65 valence electrons. The van der Waals surface area contributed by atoms with Gasteiger partial charge in [-0.15, -0.1) is 0 Å². The Morgan fingerprint density at radius 2 is 2.09 bits per heavy atom. The maximum absolute atomic E-state index is 10.9. The van der Waals surface area contributed by atoms with Crippen molar-refractivity contribution in [3.63, 3.8) is 0 Å². The molecule has 0 fully saturated rings. The standard InChI is InChI=1S/C8H16NO2/c1-4-6-11-7-5-8(10)9(2)3/h1,4-7H2,2-3H3. The van der Waals surface area contributed by atoms with Crippen molar-refractivity contribution >= 4 is 5.91 Å². The minimum absolute atomic E-state index is 0.106. The number of carbonyl (C=O) groups excluding carboxylic acids is 1. The van der Waals surface area contributed by atoms with Gasteiger partial charge in [-0.1, -0.05) is 6.92 Å². The molecule has 0 aliphatic heterocycles. The molecule has 3 nitrogen and oxygen atoms in total. The zero-order valence-electron chi connectivity index (χ0n) is 7.30. The molecular weight excluding hydrogens is 142 g/mol. The Kier molecular flexibility index (Phi) is 5.84. The lowest BCUT2D eigenvalue weighted by atomic mass is 10.4. The summed E-state index contributed by atoms with van der Waals surface area (Å²) in [5.74, 6) is 0.106. The van der Waals surface area contributed by atoms with E-state index in [1.165, 1.54) is 0 Å². The number of nitrogens with zero attached hydrogens (tertiary/aromatic N) is 1. The van der Waals surface area contributed by atoms with Gasteiger partial charge in [0, 0.05) is 20.7 Å². The smallest absolute Gasteiger partial charge is 0.224 e. The zero-order valence-corrected chi connectivity index (χ0v) is 7.30. The van der Waals surface area contributed by atoms with Crippen molar-refractivity contribution in [3.05, 3.63) is 6.92 Å². The number of amides is 1. The van der Waals surface area contributed by atoms with Crippen LogP contribution in [0, 0.1) is 6.92 Å². The van der Waals surface area contributed by atoms with E-state index < -0.39 is 0 Å². The van der Waals surface area contributed by atoms with E-state index in [1.807, 2.05) is 0 Å². The van der Waals surface area contributed by atoms with Crippen LogP contribution in [0.2, 0.25) is 0 Å². The average molecular weight is 158 g/mol. The van der Waals surface area contributed by atoms with Gasteiger partial charge in [0.15, 0.2) is 0 Å². The van der Waals surface area contributed by atoms with Gasteiger partial charge in [-0.2, -0.15) is 0 Å². The van der Waals surface area contributed by atoms with Crippen LogP contribution in [0.3, 0.4) is 0 Å². The Labute approximate surface area is 68.3 Å². The minimum atomic E-state index is 0.106. The molecule has 0 aliphatic carbocycles. The molecule has 0 aromatic heterocycles. The fraction of sp³-hybridized carbons (Fsp3) is 0.750. The fourth-order valence-electron chi connectivity index (χ4n) is 0.587. The summed E-state index contributed by atoms with van der Waals surface area (Å²) >= 11 is 0. The molecule has 0 aliphatic rings. The van der Waals surface area contributed by atoms with Crippen LogP contribution in [0.5, 0.6) is 0 Å². The van der Waals surface area contributed by atoms with Gasteiger partial charge in [0.05, 0.1) is 13.0 Å². The normalized spacial score (nSPS) is 9.73. The number of carbonyl (C=O) groups is 1. The van der Waals surface area contributed by atoms with Crippen LogP contribution in [-0.4, -0.2) is 38.1 Å². The summed E-state index contributed by atoms with van der Waals surface area (Å²) in [6.45, 7) is 4.76. The van der Waals surface area contributed by atoms with E-state index in [1.54, 1.807) is 19.0 Å². The van der Waals surface area contributed by atoms with Crippen molar-refractivity contribution in [1.29, 1.82) is 0 Å². The average Bonchev–Trinajstić information content (AvgIpc) is 1.97. The van der Waals surface area contributed by atoms with Crippen LogP contribution in [0.1, 0.15) is 12.8 Å². The van der Waals surface area contributed by atoms with Gasteiger partial charge in [-0.25, -0.2) is 0 Å². The summed E-state index contributed by atoms with van der Waals surface area (Å²) in [6, 6.07) is 0. The van der Waals surface area contributed by atoms with Crippen molar-refractivity contribution in [3.8, 4) is 0 Å². The minimum Gasteiger partial charge on any atom is -0.381 e. The van der Waals surface area contributed by atoms with Gasteiger partial charge in [-0.05, 0) is 6.42 Å². The molecule has 0 unspecified atom stereocenters. The van der Waals surface area contributed by atoms with Gasteiger partial charge in [-0.3, -0.25) is 4.79 Å². The lowest BCUT2D eigenvalue weighted by molar-refractivity contribution is -0.129. The molecule has 11 heavy (non-hydrogen) atoms. The Bertz CT molecular complexity index is 113. The predicted octanol–water partition coefficient (Wildman–Crippen LogP) is 0.705.